The summed E-state index contributed by atoms with van der Waals surface area (Å²) in [6.45, 7) is 0. The molecule has 13 heavy (non-hydrogen) atoms. The number of halogens is 1. The minimum Gasteiger partial charge on any atom is -0.302 e. The van der Waals surface area contributed by atoms with Gasteiger partial charge in [-0.15, -0.1) is 0 Å². The molecule has 0 bridgehead atoms. The lowest BCUT2D eigenvalue weighted by molar-refractivity contribution is -0.107. The van der Waals surface area contributed by atoms with Crippen LogP contribution in [0.5, 0.6) is 0 Å². The molecule has 1 fully saturated rings. The number of hydrogen-bond donors (Lipinski definition) is 0. The Balaban J connectivity index is 2.25. The van der Waals surface area contributed by atoms with E-state index in [9.17, 15) is 4.79 Å². The van der Waals surface area contributed by atoms with Crippen molar-refractivity contribution >= 4 is 22.2 Å². The van der Waals surface area contributed by atoms with Gasteiger partial charge in [0.1, 0.15) is 6.29 Å². The number of rotatable bonds is 3. The van der Waals surface area contributed by atoms with Crippen LogP contribution >= 0.6 is 15.9 Å². The van der Waals surface area contributed by atoms with Crippen LogP contribution in [0, 0.1) is 0 Å². The van der Waals surface area contributed by atoms with Crippen LogP contribution in [0.2, 0.25) is 0 Å². The van der Waals surface area contributed by atoms with Gasteiger partial charge in [0, 0.05) is 0 Å². The number of hydrogen-bond acceptors (Lipinski definition) is 1. The molecule has 0 amide bonds. The fourth-order valence-corrected chi connectivity index (χ4v) is 1.76. The number of aldehydes is 1. The van der Waals surface area contributed by atoms with Gasteiger partial charge in [0.15, 0.2) is 0 Å². The molecule has 0 spiro atoms. The van der Waals surface area contributed by atoms with Crippen molar-refractivity contribution in [1.29, 1.82) is 0 Å². The Kier molecular flexibility index (Phi) is 2.49. The SMILES string of the molecule is O=CC(Br)c1cccc(C2CC2)c1. The molecule has 1 aliphatic carbocycles. The monoisotopic (exact) mass is 238 g/mol. The zero-order valence-corrected chi connectivity index (χ0v) is 8.83. The third-order valence-corrected chi connectivity index (χ3v) is 3.14. The van der Waals surface area contributed by atoms with Gasteiger partial charge in [-0.2, -0.15) is 0 Å². The highest BCUT2D eigenvalue weighted by Gasteiger charge is 2.23. The van der Waals surface area contributed by atoms with Gasteiger partial charge in [-0.3, -0.25) is 0 Å². The molecular formula is C11H11BrO. The van der Waals surface area contributed by atoms with Gasteiger partial charge in [0.25, 0.3) is 0 Å². The van der Waals surface area contributed by atoms with E-state index in [1.165, 1.54) is 18.4 Å². The van der Waals surface area contributed by atoms with Gasteiger partial charge in [-0.05, 0) is 29.9 Å². The zero-order valence-electron chi connectivity index (χ0n) is 7.24. The van der Waals surface area contributed by atoms with Crippen LogP contribution in [0.4, 0.5) is 0 Å². The number of benzene rings is 1. The van der Waals surface area contributed by atoms with Crippen LogP contribution in [0.1, 0.15) is 34.7 Å². The number of carbonyl (C=O) groups is 1. The fourth-order valence-electron chi connectivity index (χ4n) is 1.48. The van der Waals surface area contributed by atoms with Gasteiger partial charge in [0.2, 0.25) is 0 Å². The van der Waals surface area contributed by atoms with E-state index in [-0.39, 0.29) is 4.83 Å². The van der Waals surface area contributed by atoms with Crippen molar-refractivity contribution in [2.75, 3.05) is 0 Å². The number of alkyl halides is 1. The molecule has 1 aromatic carbocycles. The van der Waals surface area contributed by atoms with Gasteiger partial charge in [0.05, 0.1) is 4.83 Å². The molecule has 0 N–H and O–H groups in total. The van der Waals surface area contributed by atoms with E-state index in [4.69, 9.17) is 0 Å². The molecular weight excluding hydrogens is 228 g/mol. The summed E-state index contributed by atoms with van der Waals surface area (Å²) >= 11 is 3.32. The third-order valence-electron chi connectivity index (χ3n) is 2.40. The molecule has 1 atom stereocenters. The van der Waals surface area contributed by atoms with Gasteiger partial charge in [-0.1, -0.05) is 40.2 Å². The normalized spacial score (nSPS) is 18.2. The van der Waals surface area contributed by atoms with E-state index in [2.05, 4.69) is 28.1 Å². The zero-order chi connectivity index (χ0) is 9.26. The summed E-state index contributed by atoms with van der Waals surface area (Å²) in [5, 5.41) is 0. The summed E-state index contributed by atoms with van der Waals surface area (Å²) in [7, 11) is 0. The first-order valence-corrected chi connectivity index (χ1v) is 5.42. The molecule has 2 rings (SSSR count). The molecule has 0 radical (unpaired) electrons. The van der Waals surface area contributed by atoms with E-state index in [1.807, 2.05) is 12.1 Å². The summed E-state index contributed by atoms with van der Waals surface area (Å²) in [6.07, 6.45) is 3.53. The molecule has 0 aliphatic heterocycles. The Morgan fingerprint density at radius 2 is 2.23 bits per heavy atom. The highest BCUT2D eigenvalue weighted by atomic mass is 79.9. The van der Waals surface area contributed by atoms with Crippen molar-refractivity contribution < 1.29 is 4.79 Å². The molecule has 2 heteroatoms. The Morgan fingerprint density at radius 3 is 2.85 bits per heavy atom. The maximum absolute atomic E-state index is 10.6. The highest BCUT2D eigenvalue weighted by molar-refractivity contribution is 9.09. The highest BCUT2D eigenvalue weighted by Crippen LogP contribution is 2.40. The van der Waals surface area contributed by atoms with E-state index < -0.39 is 0 Å². The summed E-state index contributed by atoms with van der Waals surface area (Å²) in [5.74, 6) is 0.756. The van der Waals surface area contributed by atoms with Crippen molar-refractivity contribution in [2.45, 2.75) is 23.6 Å². The summed E-state index contributed by atoms with van der Waals surface area (Å²) in [4.78, 5) is 10.4. The Bertz CT molecular complexity index is 318. The largest absolute Gasteiger partial charge is 0.302 e. The fraction of sp³-hybridized carbons (Fsp3) is 0.364. The first-order chi connectivity index (χ1) is 6.31. The quantitative estimate of drug-likeness (QED) is 0.584. The van der Waals surface area contributed by atoms with Crippen LogP contribution in [0.15, 0.2) is 24.3 Å². The van der Waals surface area contributed by atoms with Gasteiger partial charge in [-0.25, -0.2) is 0 Å². The molecule has 1 aromatic rings. The smallest absolute Gasteiger partial charge is 0.138 e. The van der Waals surface area contributed by atoms with Crippen molar-refractivity contribution in [1.82, 2.24) is 0 Å². The lowest BCUT2D eigenvalue weighted by Gasteiger charge is -2.04. The van der Waals surface area contributed by atoms with Crippen LogP contribution in [-0.2, 0) is 4.79 Å². The minimum atomic E-state index is -0.147. The summed E-state index contributed by atoms with van der Waals surface area (Å²) in [6, 6.07) is 8.29. The molecule has 1 aliphatic rings. The molecule has 1 nitrogen and oxygen atoms in total. The van der Waals surface area contributed by atoms with E-state index >= 15 is 0 Å². The van der Waals surface area contributed by atoms with Crippen LogP contribution in [-0.4, -0.2) is 6.29 Å². The average molecular weight is 239 g/mol. The first kappa shape index (κ1) is 8.95. The second-order valence-corrected chi connectivity index (χ2v) is 4.47. The molecule has 1 unspecified atom stereocenters. The topological polar surface area (TPSA) is 17.1 Å². The predicted octanol–water partition coefficient (Wildman–Crippen LogP) is 3.20. The van der Waals surface area contributed by atoms with Gasteiger partial charge < -0.3 is 4.79 Å². The Labute approximate surface area is 86.3 Å². The molecule has 0 aromatic heterocycles. The molecule has 1 saturated carbocycles. The second kappa shape index (κ2) is 3.62. The molecule has 68 valence electrons. The summed E-state index contributed by atoms with van der Waals surface area (Å²) in [5.41, 5.74) is 2.45. The van der Waals surface area contributed by atoms with Crippen molar-refractivity contribution in [3.05, 3.63) is 35.4 Å². The Hall–Kier alpha value is -0.630. The van der Waals surface area contributed by atoms with E-state index in [0.29, 0.717) is 0 Å². The number of carbonyl (C=O) groups excluding carboxylic acids is 1. The lowest BCUT2D eigenvalue weighted by Crippen LogP contribution is -1.91. The lowest BCUT2D eigenvalue weighted by atomic mass is 10.1. The van der Waals surface area contributed by atoms with Crippen LogP contribution in [0.3, 0.4) is 0 Å². The van der Waals surface area contributed by atoms with Gasteiger partial charge >= 0.3 is 0 Å². The molecule has 0 heterocycles. The molecule has 0 saturated heterocycles. The van der Waals surface area contributed by atoms with Crippen molar-refractivity contribution in [2.24, 2.45) is 0 Å². The third kappa shape index (κ3) is 1.99. The van der Waals surface area contributed by atoms with E-state index in [1.54, 1.807) is 0 Å². The standard InChI is InChI=1S/C11H11BrO/c12-11(7-13)10-3-1-2-9(6-10)8-4-5-8/h1-3,6-8,11H,4-5H2. The van der Waals surface area contributed by atoms with E-state index in [0.717, 1.165) is 17.8 Å². The first-order valence-electron chi connectivity index (χ1n) is 4.50. The Morgan fingerprint density at radius 1 is 1.46 bits per heavy atom. The minimum absolute atomic E-state index is 0.147. The van der Waals surface area contributed by atoms with Crippen LogP contribution < -0.4 is 0 Å². The predicted molar refractivity (Wildman–Crippen MR) is 56.1 cm³/mol. The average Bonchev–Trinajstić information content (AvgIpc) is 3.00. The summed E-state index contributed by atoms with van der Waals surface area (Å²) < 4.78 is 0. The van der Waals surface area contributed by atoms with Crippen molar-refractivity contribution in [3.63, 3.8) is 0 Å². The maximum Gasteiger partial charge on any atom is 0.138 e. The van der Waals surface area contributed by atoms with Crippen LogP contribution in [0.25, 0.3) is 0 Å². The van der Waals surface area contributed by atoms with Crippen molar-refractivity contribution in [3.8, 4) is 0 Å². The second-order valence-electron chi connectivity index (χ2n) is 3.48. The maximum atomic E-state index is 10.6.